The Kier molecular flexibility index (Phi) is 11.4. The first-order valence-electron chi connectivity index (χ1n) is 7.31. The van der Waals surface area contributed by atoms with Gasteiger partial charge in [-0.2, -0.15) is 0 Å². The van der Waals surface area contributed by atoms with E-state index in [1.165, 1.54) is 0 Å². The second-order valence-corrected chi connectivity index (χ2v) is 5.45. The summed E-state index contributed by atoms with van der Waals surface area (Å²) in [6, 6.07) is 12.9. The van der Waals surface area contributed by atoms with Crippen molar-refractivity contribution in [1.29, 1.82) is 0 Å². The average Bonchev–Trinajstić information content (AvgIpc) is 2.54. The predicted molar refractivity (Wildman–Crippen MR) is 103 cm³/mol. The summed E-state index contributed by atoms with van der Waals surface area (Å²) in [5.74, 6) is 0.00544. The van der Waals surface area contributed by atoms with Crippen LogP contribution in [0.2, 0.25) is 5.02 Å². The summed E-state index contributed by atoms with van der Waals surface area (Å²) in [4.78, 5) is 16.5. The van der Waals surface area contributed by atoms with E-state index in [0.717, 1.165) is 24.2 Å². The number of rotatable bonds is 7. The van der Waals surface area contributed by atoms with Gasteiger partial charge in [-0.25, -0.2) is 0 Å². The Morgan fingerprint density at radius 3 is 2.62 bits per heavy atom. The van der Waals surface area contributed by atoms with Gasteiger partial charge in [-0.15, -0.1) is 24.8 Å². The van der Waals surface area contributed by atoms with E-state index in [4.69, 9.17) is 11.6 Å². The molecule has 2 rings (SSSR count). The van der Waals surface area contributed by atoms with Gasteiger partial charge in [0.1, 0.15) is 0 Å². The number of benzene rings is 1. The number of nitrogens with one attached hydrogen (secondary N) is 2. The molecule has 1 aromatic heterocycles. The van der Waals surface area contributed by atoms with Gasteiger partial charge in [0, 0.05) is 17.6 Å². The molecule has 0 saturated heterocycles. The van der Waals surface area contributed by atoms with E-state index in [-0.39, 0.29) is 36.8 Å². The molecule has 0 aliphatic rings. The van der Waals surface area contributed by atoms with Crippen LogP contribution < -0.4 is 10.6 Å². The first kappa shape index (κ1) is 22.7. The van der Waals surface area contributed by atoms with Crippen LogP contribution in [-0.2, 0) is 4.79 Å². The molecule has 0 aliphatic carbocycles. The quantitative estimate of drug-likeness (QED) is 0.707. The highest BCUT2D eigenvalue weighted by atomic mass is 35.5. The molecular formula is C17H22Cl3N3O. The van der Waals surface area contributed by atoms with Gasteiger partial charge in [-0.05, 0) is 49.8 Å². The van der Waals surface area contributed by atoms with Gasteiger partial charge < -0.3 is 10.6 Å². The Labute approximate surface area is 160 Å². The van der Waals surface area contributed by atoms with Crippen LogP contribution in [0.25, 0.3) is 0 Å². The Balaban J connectivity index is 0.00000264. The highest BCUT2D eigenvalue weighted by molar-refractivity contribution is 6.30. The van der Waals surface area contributed by atoms with Gasteiger partial charge >= 0.3 is 0 Å². The lowest BCUT2D eigenvalue weighted by molar-refractivity contribution is -0.121. The monoisotopic (exact) mass is 389 g/mol. The van der Waals surface area contributed by atoms with Crippen molar-refractivity contribution in [3.05, 3.63) is 64.9 Å². The van der Waals surface area contributed by atoms with Gasteiger partial charge in [0.25, 0.3) is 0 Å². The molecule has 0 spiro atoms. The van der Waals surface area contributed by atoms with E-state index in [1.807, 2.05) is 49.5 Å². The molecule has 0 saturated carbocycles. The lowest BCUT2D eigenvalue weighted by atomic mass is 10.0. The normalized spacial score (nSPS) is 10.9. The number of aromatic nitrogens is 1. The number of amides is 1. The maximum Gasteiger partial charge on any atom is 0.220 e. The molecule has 132 valence electrons. The number of carbonyl (C=O) groups excluding carboxylic acids is 1. The largest absolute Gasteiger partial charge is 0.344 e. The highest BCUT2D eigenvalue weighted by Gasteiger charge is 2.18. The van der Waals surface area contributed by atoms with Crippen LogP contribution in [0.1, 0.15) is 30.1 Å². The van der Waals surface area contributed by atoms with Gasteiger partial charge in [0.15, 0.2) is 0 Å². The number of carbonyl (C=O) groups is 1. The van der Waals surface area contributed by atoms with E-state index < -0.39 is 0 Å². The van der Waals surface area contributed by atoms with Crippen LogP contribution in [0.5, 0.6) is 0 Å². The second kappa shape index (κ2) is 12.1. The molecule has 0 bridgehead atoms. The van der Waals surface area contributed by atoms with Gasteiger partial charge in [0.05, 0.1) is 11.7 Å². The lowest BCUT2D eigenvalue weighted by Crippen LogP contribution is -2.30. The maximum atomic E-state index is 12.2. The van der Waals surface area contributed by atoms with Crippen molar-refractivity contribution in [2.24, 2.45) is 0 Å². The van der Waals surface area contributed by atoms with Crippen molar-refractivity contribution in [2.45, 2.75) is 18.9 Å². The number of nitrogens with zero attached hydrogens (tertiary/aromatic N) is 1. The summed E-state index contributed by atoms with van der Waals surface area (Å²) >= 11 is 6.07. The first-order valence-corrected chi connectivity index (χ1v) is 7.69. The number of halogens is 3. The van der Waals surface area contributed by atoms with Gasteiger partial charge in [-0.1, -0.05) is 29.8 Å². The predicted octanol–water partition coefficient (Wildman–Crippen LogP) is 3.78. The Hall–Kier alpha value is -1.33. The van der Waals surface area contributed by atoms with E-state index >= 15 is 0 Å². The van der Waals surface area contributed by atoms with Crippen LogP contribution in [0.15, 0.2) is 48.7 Å². The zero-order chi connectivity index (χ0) is 15.8. The second-order valence-electron chi connectivity index (χ2n) is 5.02. The zero-order valence-corrected chi connectivity index (χ0v) is 15.8. The molecule has 2 N–H and O–H groups in total. The number of hydrogen-bond donors (Lipinski definition) is 2. The summed E-state index contributed by atoms with van der Waals surface area (Å²) in [5.41, 5.74) is 1.72. The number of pyridine rings is 1. The van der Waals surface area contributed by atoms with E-state index in [9.17, 15) is 4.79 Å². The fraction of sp³-hybridized carbons (Fsp3) is 0.294. The molecule has 1 atom stereocenters. The molecule has 2 aromatic rings. The summed E-state index contributed by atoms with van der Waals surface area (Å²) in [6.45, 7) is 0.818. The molecule has 4 nitrogen and oxygen atoms in total. The third kappa shape index (κ3) is 7.05. The summed E-state index contributed by atoms with van der Waals surface area (Å²) in [7, 11) is 1.88. The van der Waals surface area contributed by atoms with E-state index in [0.29, 0.717) is 11.4 Å². The van der Waals surface area contributed by atoms with Crippen molar-refractivity contribution < 1.29 is 4.79 Å². The van der Waals surface area contributed by atoms with Crippen molar-refractivity contribution in [3.8, 4) is 0 Å². The molecule has 1 unspecified atom stereocenters. The maximum absolute atomic E-state index is 12.2. The molecule has 0 radical (unpaired) electrons. The van der Waals surface area contributed by atoms with Crippen molar-refractivity contribution in [1.82, 2.24) is 15.6 Å². The number of hydrogen-bond acceptors (Lipinski definition) is 3. The fourth-order valence-electron chi connectivity index (χ4n) is 2.22. The third-order valence-corrected chi connectivity index (χ3v) is 3.54. The minimum atomic E-state index is -0.290. The van der Waals surface area contributed by atoms with Gasteiger partial charge in [0.2, 0.25) is 5.91 Å². The van der Waals surface area contributed by atoms with Crippen LogP contribution in [0.4, 0.5) is 0 Å². The van der Waals surface area contributed by atoms with E-state index in [1.54, 1.807) is 6.20 Å². The lowest BCUT2D eigenvalue weighted by Gasteiger charge is -2.19. The molecule has 1 amide bonds. The van der Waals surface area contributed by atoms with Crippen LogP contribution in [0, 0.1) is 0 Å². The SMILES string of the molecule is CNCCCC(=O)NC(c1cccc(Cl)c1)c1ccccn1.Cl.Cl. The Morgan fingerprint density at radius 2 is 2.00 bits per heavy atom. The van der Waals surface area contributed by atoms with E-state index in [2.05, 4.69) is 15.6 Å². The van der Waals surface area contributed by atoms with Crippen molar-refractivity contribution in [3.63, 3.8) is 0 Å². The highest BCUT2D eigenvalue weighted by Crippen LogP contribution is 2.23. The first-order chi connectivity index (χ1) is 10.7. The fourth-order valence-corrected chi connectivity index (χ4v) is 2.42. The van der Waals surface area contributed by atoms with Crippen LogP contribution in [0.3, 0.4) is 0 Å². The molecule has 1 aromatic carbocycles. The van der Waals surface area contributed by atoms with Gasteiger partial charge in [-0.3, -0.25) is 9.78 Å². The van der Waals surface area contributed by atoms with Crippen molar-refractivity contribution in [2.75, 3.05) is 13.6 Å². The molecule has 7 heteroatoms. The van der Waals surface area contributed by atoms with Crippen molar-refractivity contribution >= 4 is 42.3 Å². The molecule has 1 heterocycles. The van der Waals surface area contributed by atoms with Crippen LogP contribution >= 0.6 is 36.4 Å². The molecule has 24 heavy (non-hydrogen) atoms. The topological polar surface area (TPSA) is 54.0 Å². The minimum Gasteiger partial charge on any atom is -0.344 e. The standard InChI is InChI=1S/C17H20ClN3O.2ClH/c1-19-10-5-9-16(22)21-17(15-8-2-3-11-20-15)13-6-4-7-14(18)12-13;;/h2-4,6-8,11-12,17,19H,5,9-10H2,1H3,(H,21,22);2*1H. The average molecular weight is 391 g/mol. The minimum absolute atomic E-state index is 0. The Bertz CT molecular complexity index is 611. The third-order valence-electron chi connectivity index (χ3n) is 3.30. The summed E-state index contributed by atoms with van der Waals surface area (Å²) < 4.78 is 0. The Morgan fingerprint density at radius 1 is 1.21 bits per heavy atom. The molecule has 0 aliphatic heterocycles. The molecular weight excluding hydrogens is 369 g/mol. The van der Waals surface area contributed by atoms with Crippen LogP contribution in [-0.4, -0.2) is 24.5 Å². The smallest absolute Gasteiger partial charge is 0.220 e. The zero-order valence-electron chi connectivity index (χ0n) is 13.4. The molecule has 0 fully saturated rings. The summed E-state index contributed by atoms with van der Waals surface area (Å²) in [6.07, 6.45) is 3.00. The summed E-state index contributed by atoms with van der Waals surface area (Å²) in [5, 5.41) is 6.73.